The number of hydrogen-bond donors (Lipinski definition) is 2. The van der Waals surface area contributed by atoms with Crippen molar-refractivity contribution in [3.8, 4) is 0 Å². The molecule has 0 aromatic carbocycles. The van der Waals surface area contributed by atoms with Gasteiger partial charge in [0.15, 0.2) is 5.96 Å². The van der Waals surface area contributed by atoms with Crippen LogP contribution < -0.4 is 5.32 Å². The van der Waals surface area contributed by atoms with Gasteiger partial charge in [0, 0.05) is 20.3 Å². The smallest absolute Gasteiger partial charge is 0.263 e. The predicted octanol–water partition coefficient (Wildman–Crippen LogP) is -0.470. The van der Waals surface area contributed by atoms with E-state index in [1.54, 1.807) is 25.0 Å². The van der Waals surface area contributed by atoms with Crippen molar-refractivity contribution in [1.82, 2.24) is 20.0 Å². The van der Waals surface area contributed by atoms with Crippen molar-refractivity contribution in [3.05, 3.63) is 17.5 Å². The molecule has 2 heterocycles. The average Bonchev–Trinajstić information content (AvgIpc) is 2.49. The van der Waals surface area contributed by atoms with Gasteiger partial charge in [-0.25, -0.2) is 0 Å². The number of aryl methyl sites for hydroxylation is 1. The molecule has 14 heavy (non-hydrogen) atoms. The minimum atomic E-state index is -0.192. The van der Waals surface area contributed by atoms with E-state index in [1.165, 1.54) is 4.90 Å². The third kappa shape index (κ3) is 1.15. The Morgan fingerprint density at radius 1 is 1.57 bits per heavy atom. The largest absolute Gasteiger partial charge is 0.350 e. The Morgan fingerprint density at radius 2 is 2.29 bits per heavy atom. The van der Waals surface area contributed by atoms with Gasteiger partial charge in [-0.3, -0.25) is 19.8 Å². The molecule has 0 saturated heterocycles. The molecule has 0 bridgehead atoms. The molecule has 1 amide bonds. The van der Waals surface area contributed by atoms with E-state index < -0.39 is 0 Å². The van der Waals surface area contributed by atoms with E-state index in [0.717, 1.165) is 0 Å². The first-order valence-corrected chi connectivity index (χ1v) is 4.22. The Labute approximate surface area is 81.0 Å². The Bertz CT molecular complexity index is 408. The lowest BCUT2D eigenvalue weighted by Gasteiger charge is -2.14. The number of amides is 1. The van der Waals surface area contributed by atoms with Gasteiger partial charge in [-0.1, -0.05) is 0 Å². The van der Waals surface area contributed by atoms with E-state index in [2.05, 4.69) is 10.4 Å². The average molecular weight is 193 g/mol. The van der Waals surface area contributed by atoms with Crippen LogP contribution in [0.4, 0.5) is 0 Å². The van der Waals surface area contributed by atoms with E-state index in [1.807, 2.05) is 0 Å². The SMILES string of the molecule is CN1C(=N)NCc2nn(C)cc2C1=O. The molecule has 1 aliphatic heterocycles. The van der Waals surface area contributed by atoms with E-state index in [-0.39, 0.29) is 11.9 Å². The van der Waals surface area contributed by atoms with Crippen LogP contribution in [0.15, 0.2) is 6.20 Å². The minimum Gasteiger partial charge on any atom is -0.350 e. The second kappa shape index (κ2) is 2.83. The zero-order chi connectivity index (χ0) is 10.3. The summed E-state index contributed by atoms with van der Waals surface area (Å²) in [4.78, 5) is 13.0. The molecule has 6 heteroatoms. The van der Waals surface area contributed by atoms with E-state index >= 15 is 0 Å². The number of carbonyl (C=O) groups excluding carboxylic acids is 1. The summed E-state index contributed by atoms with van der Waals surface area (Å²) < 4.78 is 1.60. The Hall–Kier alpha value is -1.85. The van der Waals surface area contributed by atoms with Crippen molar-refractivity contribution >= 4 is 11.9 Å². The fourth-order valence-corrected chi connectivity index (χ4v) is 1.41. The summed E-state index contributed by atoms with van der Waals surface area (Å²) in [5, 5.41) is 14.4. The highest BCUT2D eigenvalue weighted by Gasteiger charge is 2.25. The number of guanidine groups is 1. The number of rotatable bonds is 0. The molecule has 0 atom stereocenters. The number of nitrogens with one attached hydrogen (secondary N) is 2. The molecular weight excluding hydrogens is 182 g/mol. The van der Waals surface area contributed by atoms with Gasteiger partial charge in [0.1, 0.15) is 0 Å². The normalized spacial score (nSPS) is 16.3. The Balaban J connectivity index is 2.48. The van der Waals surface area contributed by atoms with Gasteiger partial charge in [0.2, 0.25) is 0 Å². The third-order valence-corrected chi connectivity index (χ3v) is 2.20. The molecule has 2 rings (SSSR count). The van der Waals surface area contributed by atoms with Crippen molar-refractivity contribution < 1.29 is 4.79 Å². The maximum absolute atomic E-state index is 11.8. The summed E-state index contributed by atoms with van der Waals surface area (Å²) >= 11 is 0. The monoisotopic (exact) mass is 193 g/mol. The highest BCUT2D eigenvalue weighted by Crippen LogP contribution is 2.12. The van der Waals surface area contributed by atoms with Gasteiger partial charge in [-0.2, -0.15) is 5.10 Å². The number of hydrogen-bond acceptors (Lipinski definition) is 3. The fourth-order valence-electron chi connectivity index (χ4n) is 1.41. The molecule has 1 aromatic heterocycles. The van der Waals surface area contributed by atoms with E-state index in [9.17, 15) is 4.79 Å². The number of fused-ring (bicyclic) bond motifs is 1. The van der Waals surface area contributed by atoms with Crippen LogP contribution in [0.25, 0.3) is 0 Å². The first-order chi connectivity index (χ1) is 6.59. The molecule has 1 aromatic rings. The Kier molecular flexibility index (Phi) is 1.77. The van der Waals surface area contributed by atoms with Crippen molar-refractivity contribution in [2.45, 2.75) is 6.54 Å². The highest BCUT2D eigenvalue weighted by atomic mass is 16.2. The van der Waals surface area contributed by atoms with Crippen LogP contribution in [0.5, 0.6) is 0 Å². The topological polar surface area (TPSA) is 74.0 Å². The zero-order valence-electron chi connectivity index (χ0n) is 8.03. The number of aromatic nitrogens is 2. The summed E-state index contributed by atoms with van der Waals surface area (Å²) in [6.07, 6.45) is 1.68. The predicted molar refractivity (Wildman–Crippen MR) is 49.9 cm³/mol. The molecule has 0 aliphatic carbocycles. The van der Waals surface area contributed by atoms with Crippen LogP contribution in [-0.2, 0) is 13.6 Å². The second-order valence-corrected chi connectivity index (χ2v) is 3.23. The van der Waals surface area contributed by atoms with Crippen molar-refractivity contribution in [2.75, 3.05) is 7.05 Å². The molecule has 0 spiro atoms. The maximum atomic E-state index is 11.8. The van der Waals surface area contributed by atoms with Crippen LogP contribution >= 0.6 is 0 Å². The molecular formula is C8H11N5O. The second-order valence-electron chi connectivity index (χ2n) is 3.23. The summed E-state index contributed by atoms with van der Waals surface area (Å²) in [6, 6.07) is 0. The van der Waals surface area contributed by atoms with Crippen molar-refractivity contribution in [2.24, 2.45) is 7.05 Å². The lowest BCUT2D eigenvalue weighted by molar-refractivity contribution is 0.0869. The summed E-state index contributed by atoms with van der Waals surface area (Å²) in [6.45, 7) is 0.422. The third-order valence-electron chi connectivity index (χ3n) is 2.20. The summed E-state index contributed by atoms with van der Waals surface area (Å²) in [7, 11) is 3.34. The van der Waals surface area contributed by atoms with Gasteiger partial charge >= 0.3 is 0 Å². The summed E-state index contributed by atoms with van der Waals surface area (Å²) in [5.41, 5.74) is 1.25. The molecule has 0 fully saturated rings. The highest BCUT2D eigenvalue weighted by molar-refractivity contribution is 6.06. The molecule has 6 nitrogen and oxygen atoms in total. The van der Waals surface area contributed by atoms with Gasteiger partial charge in [-0.15, -0.1) is 0 Å². The molecule has 0 radical (unpaired) electrons. The molecule has 0 unspecified atom stereocenters. The fraction of sp³-hybridized carbons (Fsp3) is 0.375. The summed E-state index contributed by atoms with van der Waals surface area (Å²) in [5.74, 6) is -0.0845. The van der Waals surface area contributed by atoms with Crippen LogP contribution in [0.1, 0.15) is 16.1 Å². The standard InChI is InChI=1S/C8H11N5O/c1-12-4-5-6(11-12)3-10-8(9)13(2)7(5)14/h4H,3H2,1-2H3,(H2,9,10). The molecule has 0 saturated carbocycles. The van der Waals surface area contributed by atoms with E-state index in [4.69, 9.17) is 5.41 Å². The van der Waals surface area contributed by atoms with E-state index in [0.29, 0.717) is 17.8 Å². The van der Waals surface area contributed by atoms with Crippen molar-refractivity contribution in [1.29, 1.82) is 5.41 Å². The van der Waals surface area contributed by atoms with Gasteiger partial charge in [0.05, 0.1) is 17.8 Å². The lowest BCUT2D eigenvalue weighted by atomic mass is 10.2. The van der Waals surface area contributed by atoms with Crippen LogP contribution in [0.2, 0.25) is 0 Å². The molecule has 1 aliphatic rings. The number of carbonyl (C=O) groups is 1. The van der Waals surface area contributed by atoms with Crippen LogP contribution in [0, 0.1) is 5.41 Å². The first-order valence-electron chi connectivity index (χ1n) is 4.22. The molecule has 2 N–H and O–H groups in total. The molecule has 74 valence electrons. The van der Waals surface area contributed by atoms with Gasteiger partial charge < -0.3 is 5.32 Å². The first kappa shape index (κ1) is 8.74. The van der Waals surface area contributed by atoms with Gasteiger partial charge in [-0.05, 0) is 0 Å². The lowest BCUT2D eigenvalue weighted by Crippen LogP contribution is -2.38. The maximum Gasteiger partial charge on any atom is 0.263 e. The number of nitrogens with zero attached hydrogens (tertiary/aromatic N) is 3. The van der Waals surface area contributed by atoms with Gasteiger partial charge in [0.25, 0.3) is 5.91 Å². The van der Waals surface area contributed by atoms with Crippen LogP contribution in [-0.4, -0.2) is 33.6 Å². The van der Waals surface area contributed by atoms with Crippen LogP contribution in [0.3, 0.4) is 0 Å². The zero-order valence-corrected chi connectivity index (χ0v) is 8.03. The minimum absolute atomic E-state index is 0.107. The Morgan fingerprint density at radius 3 is 3.00 bits per heavy atom. The van der Waals surface area contributed by atoms with Crippen molar-refractivity contribution in [3.63, 3.8) is 0 Å². The quantitative estimate of drug-likeness (QED) is 0.585.